The standard InChI is InChI=1S/C20H20F4N4O2/c1-13-16(6-7-17(25-13)20(22,23)24)19(30)28-10-8-27(9-11-28)12-18(29)26-15-4-2-14(21)3-5-15/h2-7H,8-12H2,1H3,(H,26,29). The molecule has 0 radical (unpaired) electrons. The zero-order valence-corrected chi connectivity index (χ0v) is 16.2. The average molecular weight is 424 g/mol. The number of carbonyl (C=O) groups excluding carboxylic acids is 2. The summed E-state index contributed by atoms with van der Waals surface area (Å²) in [6.45, 7) is 3.04. The molecular weight excluding hydrogens is 404 g/mol. The molecule has 0 spiro atoms. The quantitative estimate of drug-likeness (QED) is 0.767. The summed E-state index contributed by atoms with van der Waals surface area (Å²) in [5, 5.41) is 2.67. The highest BCUT2D eigenvalue weighted by Gasteiger charge is 2.33. The van der Waals surface area contributed by atoms with Crippen molar-refractivity contribution in [2.45, 2.75) is 13.1 Å². The van der Waals surface area contributed by atoms with Gasteiger partial charge in [-0.05, 0) is 43.3 Å². The fourth-order valence-corrected chi connectivity index (χ4v) is 3.16. The number of nitrogens with zero attached hydrogens (tertiary/aromatic N) is 3. The highest BCUT2D eigenvalue weighted by molar-refractivity contribution is 5.95. The zero-order valence-electron chi connectivity index (χ0n) is 16.2. The van der Waals surface area contributed by atoms with Gasteiger partial charge in [0, 0.05) is 31.9 Å². The van der Waals surface area contributed by atoms with Gasteiger partial charge in [-0.1, -0.05) is 0 Å². The number of rotatable bonds is 4. The van der Waals surface area contributed by atoms with Crippen LogP contribution >= 0.6 is 0 Å². The number of hydrogen-bond donors (Lipinski definition) is 1. The minimum Gasteiger partial charge on any atom is -0.336 e. The highest BCUT2D eigenvalue weighted by Crippen LogP contribution is 2.28. The number of aromatic nitrogens is 1. The van der Waals surface area contributed by atoms with Gasteiger partial charge in [-0.2, -0.15) is 13.2 Å². The lowest BCUT2D eigenvalue weighted by atomic mass is 10.1. The van der Waals surface area contributed by atoms with E-state index in [0.29, 0.717) is 31.9 Å². The number of benzene rings is 1. The van der Waals surface area contributed by atoms with E-state index in [0.717, 1.165) is 12.1 Å². The lowest BCUT2D eigenvalue weighted by Gasteiger charge is -2.34. The van der Waals surface area contributed by atoms with Crippen LogP contribution in [0.3, 0.4) is 0 Å². The molecule has 0 unspecified atom stereocenters. The maximum Gasteiger partial charge on any atom is 0.433 e. The molecule has 0 aliphatic carbocycles. The van der Waals surface area contributed by atoms with Gasteiger partial charge in [0.05, 0.1) is 17.8 Å². The third-order valence-corrected chi connectivity index (χ3v) is 4.76. The van der Waals surface area contributed by atoms with Gasteiger partial charge in [-0.25, -0.2) is 9.37 Å². The Kier molecular flexibility index (Phi) is 6.35. The van der Waals surface area contributed by atoms with Crippen molar-refractivity contribution in [2.24, 2.45) is 0 Å². The van der Waals surface area contributed by atoms with Gasteiger partial charge in [-0.3, -0.25) is 14.5 Å². The maximum atomic E-state index is 12.9. The van der Waals surface area contributed by atoms with E-state index in [1.807, 2.05) is 4.90 Å². The van der Waals surface area contributed by atoms with Crippen LogP contribution in [-0.4, -0.2) is 59.3 Å². The molecular formula is C20H20F4N4O2. The average Bonchev–Trinajstić information content (AvgIpc) is 2.69. The minimum atomic E-state index is -4.56. The second-order valence-electron chi connectivity index (χ2n) is 6.95. The van der Waals surface area contributed by atoms with E-state index in [1.54, 1.807) is 0 Å². The molecule has 0 atom stereocenters. The Morgan fingerprint density at radius 1 is 1.03 bits per heavy atom. The first-order valence-electron chi connectivity index (χ1n) is 9.25. The molecule has 1 fully saturated rings. The van der Waals surface area contributed by atoms with Crippen LogP contribution in [0.25, 0.3) is 0 Å². The molecule has 1 aromatic heterocycles. The first-order valence-corrected chi connectivity index (χ1v) is 9.25. The van der Waals surface area contributed by atoms with E-state index in [9.17, 15) is 27.2 Å². The molecule has 10 heteroatoms. The molecule has 1 N–H and O–H groups in total. The van der Waals surface area contributed by atoms with Crippen LogP contribution in [0.5, 0.6) is 0 Å². The fraction of sp³-hybridized carbons (Fsp3) is 0.350. The van der Waals surface area contributed by atoms with Crippen molar-refractivity contribution in [1.82, 2.24) is 14.8 Å². The molecule has 2 amide bonds. The Balaban J connectivity index is 1.53. The van der Waals surface area contributed by atoms with E-state index < -0.39 is 17.7 Å². The molecule has 2 aromatic rings. The number of pyridine rings is 1. The van der Waals surface area contributed by atoms with Crippen molar-refractivity contribution in [3.8, 4) is 0 Å². The number of piperazine rings is 1. The summed E-state index contributed by atoms with van der Waals surface area (Å²) in [4.78, 5) is 31.7. The predicted octanol–water partition coefficient (Wildman–Crippen LogP) is 2.94. The Morgan fingerprint density at radius 3 is 2.23 bits per heavy atom. The van der Waals surface area contributed by atoms with Crippen LogP contribution < -0.4 is 5.32 Å². The second kappa shape index (κ2) is 8.78. The lowest BCUT2D eigenvalue weighted by Crippen LogP contribution is -2.50. The summed E-state index contributed by atoms with van der Waals surface area (Å²) in [6, 6.07) is 7.37. The molecule has 6 nitrogen and oxygen atoms in total. The molecule has 0 bridgehead atoms. The zero-order chi connectivity index (χ0) is 21.9. The van der Waals surface area contributed by atoms with E-state index >= 15 is 0 Å². The van der Waals surface area contributed by atoms with Crippen molar-refractivity contribution >= 4 is 17.5 Å². The Bertz CT molecular complexity index is 923. The predicted molar refractivity (Wildman–Crippen MR) is 101 cm³/mol. The fourth-order valence-electron chi connectivity index (χ4n) is 3.16. The van der Waals surface area contributed by atoms with Crippen molar-refractivity contribution in [3.63, 3.8) is 0 Å². The monoisotopic (exact) mass is 424 g/mol. The van der Waals surface area contributed by atoms with Crippen LogP contribution in [0.4, 0.5) is 23.2 Å². The Labute approximate surface area is 170 Å². The van der Waals surface area contributed by atoms with E-state index in [-0.39, 0.29) is 29.6 Å². The topological polar surface area (TPSA) is 65.5 Å². The smallest absolute Gasteiger partial charge is 0.336 e. The summed E-state index contributed by atoms with van der Waals surface area (Å²) in [7, 11) is 0. The molecule has 30 heavy (non-hydrogen) atoms. The van der Waals surface area contributed by atoms with Crippen LogP contribution in [-0.2, 0) is 11.0 Å². The van der Waals surface area contributed by atoms with Gasteiger partial charge in [0.15, 0.2) is 0 Å². The van der Waals surface area contributed by atoms with Gasteiger partial charge < -0.3 is 10.2 Å². The summed E-state index contributed by atoms with van der Waals surface area (Å²) < 4.78 is 51.1. The molecule has 3 rings (SSSR count). The molecule has 1 saturated heterocycles. The molecule has 1 aromatic carbocycles. The summed E-state index contributed by atoms with van der Waals surface area (Å²) >= 11 is 0. The van der Waals surface area contributed by atoms with Gasteiger partial charge in [0.1, 0.15) is 11.5 Å². The van der Waals surface area contributed by atoms with E-state index in [2.05, 4.69) is 10.3 Å². The minimum absolute atomic E-state index is 0.0240. The van der Waals surface area contributed by atoms with Gasteiger partial charge in [-0.15, -0.1) is 0 Å². The summed E-state index contributed by atoms with van der Waals surface area (Å²) in [5.41, 5.74) is -0.393. The van der Waals surface area contributed by atoms with E-state index in [4.69, 9.17) is 0 Å². The van der Waals surface area contributed by atoms with Crippen LogP contribution in [0.2, 0.25) is 0 Å². The van der Waals surface area contributed by atoms with Gasteiger partial charge >= 0.3 is 6.18 Å². The molecule has 1 aliphatic heterocycles. The SMILES string of the molecule is Cc1nc(C(F)(F)F)ccc1C(=O)N1CCN(CC(=O)Nc2ccc(F)cc2)CC1. The van der Waals surface area contributed by atoms with Gasteiger partial charge in [0.25, 0.3) is 5.91 Å². The summed E-state index contributed by atoms with van der Waals surface area (Å²) in [6.07, 6.45) is -4.56. The van der Waals surface area contributed by atoms with Crippen molar-refractivity contribution in [2.75, 3.05) is 38.0 Å². The number of aryl methyl sites for hydroxylation is 1. The molecule has 0 saturated carbocycles. The van der Waals surface area contributed by atoms with Crippen LogP contribution in [0, 0.1) is 12.7 Å². The van der Waals surface area contributed by atoms with Crippen molar-refractivity contribution in [1.29, 1.82) is 0 Å². The maximum absolute atomic E-state index is 12.9. The lowest BCUT2D eigenvalue weighted by molar-refractivity contribution is -0.141. The number of amides is 2. The normalized spacial score (nSPS) is 15.2. The molecule has 160 valence electrons. The number of nitrogens with one attached hydrogen (secondary N) is 1. The third-order valence-electron chi connectivity index (χ3n) is 4.76. The van der Waals surface area contributed by atoms with E-state index in [1.165, 1.54) is 36.1 Å². The number of halogens is 4. The number of alkyl halides is 3. The molecule has 2 heterocycles. The largest absolute Gasteiger partial charge is 0.433 e. The number of hydrogen-bond acceptors (Lipinski definition) is 4. The Hall–Kier alpha value is -3.01. The third kappa shape index (κ3) is 5.32. The first-order chi connectivity index (χ1) is 14.1. The van der Waals surface area contributed by atoms with Crippen LogP contribution in [0.15, 0.2) is 36.4 Å². The molecule has 1 aliphatic rings. The highest BCUT2D eigenvalue weighted by atomic mass is 19.4. The van der Waals surface area contributed by atoms with Crippen LogP contribution in [0.1, 0.15) is 21.7 Å². The number of carbonyl (C=O) groups is 2. The summed E-state index contributed by atoms with van der Waals surface area (Å²) in [5.74, 6) is -1.04. The number of anilines is 1. The van der Waals surface area contributed by atoms with Crippen molar-refractivity contribution in [3.05, 3.63) is 59.2 Å². The Morgan fingerprint density at radius 2 is 1.67 bits per heavy atom. The van der Waals surface area contributed by atoms with Crippen molar-refractivity contribution < 1.29 is 27.2 Å². The second-order valence-corrected chi connectivity index (χ2v) is 6.95. The first kappa shape index (κ1) is 21.7. The van der Waals surface area contributed by atoms with Gasteiger partial charge in [0.2, 0.25) is 5.91 Å².